The second-order valence-electron chi connectivity index (χ2n) is 9.15. The molecule has 1 aromatic carbocycles. The number of hydrogen-bond acceptors (Lipinski definition) is 6. The van der Waals surface area contributed by atoms with E-state index in [0.717, 1.165) is 41.8 Å². The number of benzene rings is 1. The number of esters is 1. The number of hydrogen-bond donors (Lipinski definition) is 2. The van der Waals surface area contributed by atoms with Crippen molar-refractivity contribution >= 4 is 34.0 Å². The average molecular weight is 495 g/mol. The quantitative estimate of drug-likeness (QED) is 0.574. The Kier molecular flexibility index (Phi) is 6.32. The number of methoxy groups -OCH3 is 1. The molecule has 3 aliphatic rings. The predicted molar refractivity (Wildman–Crippen MR) is 132 cm³/mol. The van der Waals surface area contributed by atoms with Crippen molar-refractivity contribution in [1.29, 1.82) is 0 Å². The molecule has 2 N–H and O–H groups in total. The molecule has 0 saturated carbocycles. The van der Waals surface area contributed by atoms with Gasteiger partial charge in [0.15, 0.2) is 5.78 Å². The number of carbonyl (C=O) groups is 3. The number of dihydropyridines is 1. The monoisotopic (exact) mass is 494 g/mol. The van der Waals surface area contributed by atoms with E-state index in [0.29, 0.717) is 46.7 Å². The average Bonchev–Trinajstić information content (AvgIpc) is 3.21. The summed E-state index contributed by atoms with van der Waals surface area (Å²) in [6.07, 6.45) is 5.37. The number of thiophene rings is 1. The van der Waals surface area contributed by atoms with Crippen LogP contribution in [0.5, 0.6) is 0 Å². The number of allylic oxidation sites excluding steroid dienone is 3. The maximum Gasteiger partial charge on any atom is 0.341 e. The number of aryl methyl sites for hydroxylation is 1. The first kappa shape index (κ1) is 23.5. The zero-order valence-corrected chi connectivity index (χ0v) is 20.6. The largest absolute Gasteiger partial charge is 0.465 e. The Morgan fingerprint density at radius 1 is 1.11 bits per heavy atom. The van der Waals surface area contributed by atoms with Gasteiger partial charge in [-0.1, -0.05) is 18.2 Å². The summed E-state index contributed by atoms with van der Waals surface area (Å²) in [5, 5.41) is 6.63. The number of rotatable bonds is 4. The van der Waals surface area contributed by atoms with Gasteiger partial charge in [0.1, 0.15) is 10.8 Å². The Morgan fingerprint density at radius 3 is 2.66 bits per heavy atom. The lowest BCUT2D eigenvalue weighted by atomic mass is 9.75. The maximum atomic E-state index is 15.1. The van der Waals surface area contributed by atoms with Crippen LogP contribution >= 0.6 is 11.3 Å². The van der Waals surface area contributed by atoms with Gasteiger partial charge in [-0.15, -0.1) is 11.3 Å². The van der Waals surface area contributed by atoms with Crippen LogP contribution in [0.1, 0.15) is 71.3 Å². The van der Waals surface area contributed by atoms with Gasteiger partial charge in [-0.2, -0.15) is 0 Å². The van der Waals surface area contributed by atoms with Gasteiger partial charge in [-0.05, 0) is 57.1 Å². The molecule has 2 aliphatic carbocycles. The lowest BCUT2D eigenvalue weighted by Gasteiger charge is -2.34. The van der Waals surface area contributed by atoms with E-state index in [1.807, 2.05) is 0 Å². The molecule has 1 amide bonds. The number of carbonyl (C=O) groups excluding carboxylic acids is 3. The molecule has 1 aromatic heterocycles. The van der Waals surface area contributed by atoms with Gasteiger partial charge in [0.25, 0.3) is 5.91 Å². The number of amides is 1. The van der Waals surface area contributed by atoms with E-state index in [1.54, 1.807) is 25.1 Å². The summed E-state index contributed by atoms with van der Waals surface area (Å²) in [4.78, 5) is 40.6. The van der Waals surface area contributed by atoms with E-state index in [9.17, 15) is 14.4 Å². The van der Waals surface area contributed by atoms with Crippen LogP contribution in [0.15, 0.2) is 46.8 Å². The Morgan fingerprint density at radius 2 is 1.89 bits per heavy atom. The number of anilines is 1. The molecule has 2 aromatic rings. The topological polar surface area (TPSA) is 84.5 Å². The van der Waals surface area contributed by atoms with Crippen molar-refractivity contribution in [3.8, 4) is 0 Å². The van der Waals surface area contributed by atoms with Crippen LogP contribution in [0.3, 0.4) is 0 Å². The summed E-state index contributed by atoms with van der Waals surface area (Å²) in [6.45, 7) is 1.77. The van der Waals surface area contributed by atoms with E-state index in [4.69, 9.17) is 4.74 Å². The molecule has 0 bridgehead atoms. The molecule has 0 spiro atoms. The third kappa shape index (κ3) is 4.10. The van der Waals surface area contributed by atoms with Crippen LogP contribution in [-0.4, -0.2) is 24.8 Å². The molecular formula is C27H27FN2O4S. The second kappa shape index (κ2) is 9.41. The van der Waals surface area contributed by atoms with Crippen LogP contribution in [-0.2, 0) is 27.2 Å². The highest BCUT2D eigenvalue weighted by atomic mass is 32.1. The molecule has 2 heterocycles. The highest BCUT2D eigenvalue weighted by molar-refractivity contribution is 7.17. The molecule has 1 atom stereocenters. The number of ether oxygens (including phenoxy) is 1. The summed E-state index contributed by atoms with van der Waals surface area (Å²) >= 11 is 1.39. The Hall–Kier alpha value is -3.26. The third-order valence-corrected chi connectivity index (χ3v) is 8.23. The van der Waals surface area contributed by atoms with E-state index in [-0.39, 0.29) is 11.4 Å². The molecule has 0 unspecified atom stereocenters. The fourth-order valence-electron chi connectivity index (χ4n) is 5.45. The molecule has 5 rings (SSSR count). The van der Waals surface area contributed by atoms with Gasteiger partial charge >= 0.3 is 5.97 Å². The summed E-state index contributed by atoms with van der Waals surface area (Å²) in [5.41, 5.74) is 3.70. The van der Waals surface area contributed by atoms with Gasteiger partial charge in [-0.3, -0.25) is 9.59 Å². The van der Waals surface area contributed by atoms with Crippen LogP contribution in [0.4, 0.5) is 9.39 Å². The molecule has 1 aliphatic heterocycles. The summed E-state index contributed by atoms with van der Waals surface area (Å²) in [7, 11) is 1.33. The van der Waals surface area contributed by atoms with Gasteiger partial charge in [0, 0.05) is 45.3 Å². The van der Waals surface area contributed by atoms with E-state index < -0.39 is 23.6 Å². The van der Waals surface area contributed by atoms with Crippen molar-refractivity contribution in [1.82, 2.24) is 5.32 Å². The number of fused-ring (bicyclic) bond motifs is 1. The summed E-state index contributed by atoms with van der Waals surface area (Å²) < 4.78 is 20.1. The Balaban J connectivity index is 1.59. The van der Waals surface area contributed by atoms with Crippen molar-refractivity contribution in [2.24, 2.45) is 0 Å². The van der Waals surface area contributed by atoms with Gasteiger partial charge in [0.2, 0.25) is 0 Å². The van der Waals surface area contributed by atoms with Crippen LogP contribution in [0, 0.1) is 5.82 Å². The molecule has 6 nitrogen and oxygen atoms in total. The molecule has 35 heavy (non-hydrogen) atoms. The van der Waals surface area contributed by atoms with E-state index in [1.165, 1.54) is 24.5 Å². The van der Waals surface area contributed by atoms with Crippen LogP contribution < -0.4 is 10.6 Å². The normalized spacial score (nSPS) is 19.6. The van der Waals surface area contributed by atoms with E-state index >= 15 is 4.39 Å². The fraction of sp³-hybridized carbons (Fsp3) is 0.370. The maximum absolute atomic E-state index is 15.1. The highest BCUT2D eigenvalue weighted by Crippen LogP contribution is 2.44. The smallest absolute Gasteiger partial charge is 0.341 e. The standard InChI is InChI=1S/C27H27FN2O4S/c1-14-21(25(32)30-26-23(27(33)34-2)16-9-4-6-13-20(16)35-26)22(15-8-3-5-10-17(15)28)24-18(29-14)11-7-12-19(24)31/h3,5,8,10,22,29H,4,6-7,9,11-13H2,1-2H3,(H,30,32)/t22-/m1/s1. The van der Waals surface area contributed by atoms with Gasteiger partial charge in [0.05, 0.1) is 12.7 Å². The number of nitrogens with one attached hydrogen (secondary N) is 2. The first-order chi connectivity index (χ1) is 16.9. The molecular weight excluding hydrogens is 467 g/mol. The number of ketones is 1. The lowest BCUT2D eigenvalue weighted by Crippen LogP contribution is -2.36. The molecule has 182 valence electrons. The molecule has 0 saturated heterocycles. The molecule has 0 radical (unpaired) electrons. The predicted octanol–water partition coefficient (Wildman–Crippen LogP) is 5.16. The summed E-state index contributed by atoms with van der Waals surface area (Å²) in [6, 6.07) is 6.27. The van der Waals surface area contributed by atoms with Crippen LogP contribution in [0.25, 0.3) is 0 Å². The highest BCUT2D eigenvalue weighted by Gasteiger charge is 2.40. The van der Waals surface area contributed by atoms with Gasteiger partial charge in [-0.25, -0.2) is 9.18 Å². The second-order valence-corrected chi connectivity index (χ2v) is 10.3. The van der Waals surface area contributed by atoms with E-state index in [2.05, 4.69) is 10.6 Å². The lowest BCUT2D eigenvalue weighted by molar-refractivity contribution is -0.116. The van der Waals surface area contributed by atoms with Crippen molar-refractivity contribution in [2.75, 3.05) is 12.4 Å². The minimum Gasteiger partial charge on any atom is -0.465 e. The number of halogens is 1. The van der Waals surface area contributed by atoms with Crippen molar-refractivity contribution in [2.45, 2.75) is 57.8 Å². The van der Waals surface area contributed by atoms with Crippen molar-refractivity contribution in [3.05, 3.63) is 74.2 Å². The van der Waals surface area contributed by atoms with Crippen LogP contribution in [0.2, 0.25) is 0 Å². The Labute approximate surface area is 207 Å². The first-order valence-electron chi connectivity index (χ1n) is 11.9. The summed E-state index contributed by atoms with van der Waals surface area (Å²) in [5.74, 6) is -2.31. The Bertz CT molecular complexity index is 1310. The minimum absolute atomic E-state index is 0.0772. The zero-order valence-electron chi connectivity index (χ0n) is 19.8. The zero-order chi connectivity index (χ0) is 24.7. The van der Waals surface area contributed by atoms with Crippen molar-refractivity contribution in [3.63, 3.8) is 0 Å². The van der Waals surface area contributed by atoms with Crippen molar-refractivity contribution < 1.29 is 23.5 Å². The minimum atomic E-state index is -0.823. The molecule has 0 fully saturated rings. The molecule has 8 heteroatoms. The number of Topliss-reactive ketones (excluding diaryl/α,β-unsaturated/α-hetero) is 1. The van der Waals surface area contributed by atoms with Gasteiger partial charge < -0.3 is 15.4 Å². The SMILES string of the molecule is COC(=O)c1c(NC(=O)C2=C(C)NC3=C(C(=O)CCC3)[C@@H]2c2ccccc2F)sc2c1CCCC2. The third-order valence-electron chi connectivity index (χ3n) is 7.02. The fourth-order valence-corrected chi connectivity index (χ4v) is 6.72. The first-order valence-corrected chi connectivity index (χ1v) is 12.7.